The number of benzene rings is 2. The van der Waals surface area contributed by atoms with Crippen LogP contribution in [0.15, 0.2) is 67.0 Å². The van der Waals surface area contributed by atoms with E-state index in [2.05, 4.69) is 15.4 Å². The van der Waals surface area contributed by atoms with Gasteiger partial charge in [-0.25, -0.2) is 14.5 Å². The molecule has 0 saturated carbocycles. The van der Waals surface area contributed by atoms with Crippen LogP contribution in [0.4, 0.5) is 4.79 Å². The van der Waals surface area contributed by atoms with E-state index in [1.807, 2.05) is 65.5 Å². The van der Waals surface area contributed by atoms with Crippen molar-refractivity contribution < 1.29 is 4.79 Å². The molecule has 0 aliphatic carbocycles. The van der Waals surface area contributed by atoms with E-state index in [1.165, 1.54) is 0 Å². The van der Waals surface area contributed by atoms with Crippen LogP contribution in [0.1, 0.15) is 10.6 Å². The third kappa shape index (κ3) is 3.98. The van der Waals surface area contributed by atoms with Crippen molar-refractivity contribution in [3.8, 4) is 5.69 Å². The number of fused-ring (bicyclic) bond motifs is 1. The maximum absolute atomic E-state index is 12.4. The molecule has 2 heterocycles. The molecule has 0 saturated heterocycles. The van der Waals surface area contributed by atoms with E-state index in [0.717, 1.165) is 26.5 Å². The summed E-state index contributed by atoms with van der Waals surface area (Å²) in [4.78, 5) is 18.6. The van der Waals surface area contributed by atoms with Gasteiger partial charge in [-0.3, -0.25) is 0 Å². The van der Waals surface area contributed by atoms with Crippen LogP contribution in [-0.4, -0.2) is 32.7 Å². The second-order valence-electron chi connectivity index (χ2n) is 6.22. The number of aromatic nitrogens is 3. The lowest BCUT2D eigenvalue weighted by Gasteiger charge is -2.16. The van der Waals surface area contributed by atoms with E-state index in [0.29, 0.717) is 13.1 Å². The average Bonchev–Trinajstić information content (AvgIpc) is 3.33. The van der Waals surface area contributed by atoms with Crippen LogP contribution in [-0.2, 0) is 13.1 Å². The van der Waals surface area contributed by atoms with Crippen molar-refractivity contribution in [1.29, 1.82) is 0 Å². The van der Waals surface area contributed by atoms with Crippen LogP contribution < -0.4 is 5.32 Å². The van der Waals surface area contributed by atoms with E-state index in [-0.39, 0.29) is 6.03 Å². The van der Waals surface area contributed by atoms with Gasteiger partial charge in [-0.2, -0.15) is 5.10 Å². The van der Waals surface area contributed by atoms with Gasteiger partial charge >= 0.3 is 6.03 Å². The zero-order valence-corrected chi connectivity index (χ0v) is 15.7. The highest BCUT2D eigenvalue weighted by Crippen LogP contribution is 2.21. The van der Waals surface area contributed by atoms with Crippen LogP contribution >= 0.6 is 11.3 Å². The van der Waals surface area contributed by atoms with Crippen LogP contribution in [0.5, 0.6) is 0 Å². The highest BCUT2D eigenvalue weighted by molar-refractivity contribution is 7.18. The highest BCUT2D eigenvalue weighted by Gasteiger charge is 2.12. The molecule has 2 amide bonds. The fraction of sp³-hybridized carbons (Fsp3) is 0.150. The van der Waals surface area contributed by atoms with E-state index in [9.17, 15) is 4.79 Å². The third-order valence-corrected chi connectivity index (χ3v) is 5.19. The molecule has 136 valence electrons. The van der Waals surface area contributed by atoms with E-state index >= 15 is 0 Å². The summed E-state index contributed by atoms with van der Waals surface area (Å²) < 4.78 is 2.94. The maximum Gasteiger partial charge on any atom is 0.317 e. The summed E-state index contributed by atoms with van der Waals surface area (Å²) in [6.45, 7) is 0.907. The van der Waals surface area contributed by atoms with Gasteiger partial charge in [-0.1, -0.05) is 30.3 Å². The van der Waals surface area contributed by atoms with E-state index < -0.39 is 0 Å². The molecule has 2 aromatic heterocycles. The van der Waals surface area contributed by atoms with Crippen molar-refractivity contribution in [2.45, 2.75) is 13.1 Å². The van der Waals surface area contributed by atoms with Crippen LogP contribution in [0, 0.1) is 0 Å². The van der Waals surface area contributed by atoms with Gasteiger partial charge in [-0.05, 0) is 24.3 Å². The molecular weight excluding hydrogens is 358 g/mol. The molecule has 0 bridgehead atoms. The van der Waals surface area contributed by atoms with Crippen LogP contribution in [0.3, 0.4) is 0 Å². The summed E-state index contributed by atoms with van der Waals surface area (Å²) >= 11 is 1.60. The number of hydrogen-bond donors (Lipinski definition) is 1. The first kappa shape index (κ1) is 17.2. The van der Waals surface area contributed by atoms with Crippen molar-refractivity contribution in [2.75, 3.05) is 7.05 Å². The summed E-state index contributed by atoms with van der Waals surface area (Å²) in [6.07, 6.45) is 3.72. The molecule has 27 heavy (non-hydrogen) atoms. The molecule has 1 N–H and O–H groups in total. The zero-order chi connectivity index (χ0) is 18.6. The molecular formula is C20H19N5OS. The number of amides is 2. The van der Waals surface area contributed by atoms with Crippen LogP contribution in [0.25, 0.3) is 15.9 Å². The number of urea groups is 1. The molecule has 0 fully saturated rings. The van der Waals surface area contributed by atoms with Gasteiger partial charge < -0.3 is 10.2 Å². The number of thiazole rings is 1. The topological polar surface area (TPSA) is 63.1 Å². The number of nitrogens with zero attached hydrogens (tertiary/aromatic N) is 4. The quantitative estimate of drug-likeness (QED) is 0.575. The minimum absolute atomic E-state index is 0.137. The minimum Gasteiger partial charge on any atom is -0.331 e. The standard InChI is InChI=1S/C20H19N5OS/c1-24(13-15-11-22-25(14-15)16-7-3-2-4-8-16)20(26)21-12-19-23-17-9-5-6-10-18(17)27-19/h2-11,14H,12-13H2,1H3,(H,21,26). The largest absolute Gasteiger partial charge is 0.331 e. The Morgan fingerprint density at radius 2 is 1.93 bits per heavy atom. The van der Waals surface area contributed by atoms with Crippen molar-refractivity contribution in [3.05, 3.63) is 77.6 Å². The van der Waals surface area contributed by atoms with Gasteiger partial charge in [0.1, 0.15) is 5.01 Å². The summed E-state index contributed by atoms with van der Waals surface area (Å²) in [7, 11) is 1.77. The predicted molar refractivity (Wildman–Crippen MR) is 107 cm³/mol. The fourth-order valence-corrected chi connectivity index (χ4v) is 3.70. The number of carbonyl (C=O) groups excluding carboxylic acids is 1. The molecule has 0 spiro atoms. The molecule has 0 aliphatic heterocycles. The molecule has 4 rings (SSSR count). The highest BCUT2D eigenvalue weighted by atomic mass is 32.1. The molecule has 0 aliphatic rings. The summed E-state index contributed by atoms with van der Waals surface area (Å²) in [5.41, 5.74) is 2.93. The summed E-state index contributed by atoms with van der Waals surface area (Å²) in [5, 5.41) is 8.19. The molecule has 0 atom stereocenters. The van der Waals surface area contributed by atoms with Gasteiger partial charge in [0, 0.05) is 18.8 Å². The third-order valence-electron chi connectivity index (χ3n) is 4.15. The Kier molecular flexibility index (Phi) is 4.84. The van der Waals surface area contributed by atoms with Gasteiger partial charge in [0.05, 0.1) is 35.2 Å². The summed E-state index contributed by atoms with van der Waals surface area (Å²) in [5.74, 6) is 0. The molecule has 2 aromatic carbocycles. The van der Waals surface area contributed by atoms with Gasteiger partial charge in [0.15, 0.2) is 0 Å². The second kappa shape index (κ2) is 7.59. The molecule has 7 heteroatoms. The number of hydrogen-bond acceptors (Lipinski definition) is 4. The maximum atomic E-state index is 12.4. The van der Waals surface area contributed by atoms with Crippen molar-refractivity contribution in [3.63, 3.8) is 0 Å². The van der Waals surface area contributed by atoms with Crippen molar-refractivity contribution >= 4 is 27.6 Å². The lowest BCUT2D eigenvalue weighted by molar-refractivity contribution is 0.206. The first-order valence-electron chi connectivity index (χ1n) is 8.61. The fourth-order valence-electron chi connectivity index (χ4n) is 2.79. The average molecular weight is 377 g/mol. The SMILES string of the molecule is CN(Cc1cnn(-c2ccccc2)c1)C(=O)NCc1nc2ccccc2s1. The van der Waals surface area contributed by atoms with Crippen molar-refractivity contribution in [1.82, 2.24) is 25.0 Å². The molecule has 0 radical (unpaired) electrons. The number of para-hydroxylation sites is 2. The lowest BCUT2D eigenvalue weighted by Crippen LogP contribution is -2.36. The Bertz CT molecular complexity index is 1020. The van der Waals surface area contributed by atoms with Gasteiger partial charge in [-0.15, -0.1) is 11.3 Å². The van der Waals surface area contributed by atoms with Crippen molar-refractivity contribution in [2.24, 2.45) is 0 Å². The van der Waals surface area contributed by atoms with E-state index in [1.54, 1.807) is 29.5 Å². The Morgan fingerprint density at radius 3 is 2.74 bits per heavy atom. The Hall–Kier alpha value is -3.19. The normalized spacial score (nSPS) is 10.9. The molecule has 6 nitrogen and oxygen atoms in total. The predicted octanol–water partition coefficient (Wildman–Crippen LogP) is 3.82. The zero-order valence-electron chi connectivity index (χ0n) is 14.9. The van der Waals surface area contributed by atoms with E-state index in [4.69, 9.17) is 0 Å². The Labute approximate surface area is 161 Å². The first-order chi connectivity index (χ1) is 13.2. The minimum atomic E-state index is -0.137. The smallest absolute Gasteiger partial charge is 0.317 e. The van der Waals surface area contributed by atoms with Crippen LogP contribution in [0.2, 0.25) is 0 Å². The number of carbonyl (C=O) groups is 1. The van der Waals surface area contributed by atoms with Gasteiger partial charge in [0.2, 0.25) is 0 Å². The molecule has 4 aromatic rings. The lowest BCUT2D eigenvalue weighted by atomic mass is 10.3. The molecule has 0 unspecified atom stereocenters. The summed E-state index contributed by atoms with van der Waals surface area (Å²) in [6, 6.07) is 17.7. The monoisotopic (exact) mass is 377 g/mol. The Balaban J connectivity index is 1.34. The number of rotatable bonds is 5. The second-order valence-corrected chi connectivity index (χ2v) is 7.33. The first-order valence-corrected chi connectivity index (χ1v) is 9.43. The number of nitrogens with one attached hydrogen (secondary N) is 1. The van der Waals surface area contributed by atoms with Gasteiger partial charge in [0.25, 0.3) is 0 Å². The Morgan fingerprint density at radius 1 is 1.15 bits per heavy atom.